The number of anilines is 1. The number of aliphatic hydroxyl groups excluding tert-OH is 1. The van der Waals surface area contributed by atoms with E-state index in [4.69, 9.17) is 16.3 Å². The first-order valence-electron chi connectivity index (χ1n) is 11.8. The lowest BCUT2D eigenvalue weighted by Crippen LogP contribution is -2.46. The molecular weight excluding hydrogens is 486 g/mol. The van der Waals surface area contributed by atoms with Gasteiger partial charge in [-0.05, 0) is 73.2 Å². The summed E-state index contributed by atoms with van der Waals surface area (Å²) in [5, 5.41) is 11.8. The molecule has 1 aliphatic carbocycles. The minimum atomic E-state index is -3.83. The number of allylic oxidation sites excluding steroid dienone is 3. The van der Waals surface area contributed by atoms with Gasteiger partial charge in [0.15, 0.2) is 0 Å². The van der Waals surface area contributed by atoms with Gasteiger partial charge in [-0.3, -0.25) is 9.52 Å². The van der Waals surface area contributed by atoms with Crippen molar-refractivity contribution >= 4 is 33.3 Å². The number of fused-ring (bicyclic) bond motifs is 1. The molecule has 0 amide bonds. The monoisotopic (exact) mass is 515 g/mol. The number of hydrogen-bond acceptors (Lipinski definition) is 5. The predicted molar refractivity (Wildman–Crippen MR) is 136 cm³/mol. The molecule has 186 valence electrons. The Morgan fingerprint density at radius 2 is 1.89 bits per heavy atom. The van der Waals surface area contributed by atoms with E-state index in [-0.39, 0.29) is 22.6 Å². The number of hydrogen-bond donors (Lipinski definition) is 2. The van der Waals surface area contributed by atoms with E-state index in [1.54, 1.807) is 24.3 Å². The first-order valence-corrected chi connectivity index (χ1v) is 13.7. The van der Waals surface area contributed by atoms with Crippen LogP contribution >= 0.6 is 11.6 Å². The molecule has 6 nitrogen and oxygen atoms in total. The molecule has 2 aliphatic rings. The molecule has 1 fully saturated rings. The zero-order valence-corrected chi connectivity index (χ0v) is 21.3. The molecule has 2 N–H and O–H groups in total. The molecule has 1 saturated heterocycles. The highest BCUT2D eigenvalue weighted by Gasteiger charge is 2.47. The Morgan fingerprint density at radius 1 is 1.14 bits per heavy atom. The van der Waals surface area contributed by atoms with Crippen LogP contribution in [0.15, 0.2) is 77.4 Å². The molecule has 1 aliphatic heterocycles. The number of esters is 1. The van der Waals surface area contributed by atoms with Crippen LogP contribution in [0.5, 0.6) is 0 Å². The van der Waals surface area contributed by atoms with Crippen molar-refractivity contribution in [2.75, 3.05) is 4.72 Å². The first-order chi connectivity index (χ1) is 16.7. The molecule has 2 aromatic carbocycles. The van der Waals surface area contributed by atoms with Gasteiger partial charge < -0.3 is 9.84 Å². The van der Waals surface area contributed by atoms with Crippen LogP contribution in [-0.2, 0) is 19.6 Å². The topological polar surface area (TPSA) is 92.7 Å². The van der Waals surface area contributed by atoms with Gasteiger partial charge in [0.1, 0.15) is 5.76 Å². The Bertz CT molecular complexity index is 1240. The van der Waals surface area contributed by atoms with Crippen molar-refractivity contribution in [1.82, 2.24) is 0 Å². The van der Waals surface area contributed by atoms with Crippen LogP contribution in [0.25, 0.3) is 0 Å². The van der Waals surface area contributed by atoms with Gasteiger partial charge in [-0.1, -0.05) is 49.7 Å². The van der Waals surface area contributed by atoms with Gasteiger partial charge in [-0.2, -0.15) is 0 Å². The molecule has 8 heteroatoms. The van der Waals surface area contributed by atoms with Crippen LogP contribution in [-0.4, -0.2) is 25.6 Å². The maximum atomic E-state index is 13.1. The summed E-state index contributed by atoms with van der Waals surface area (Å²) in [6.07, 6.45) is 7.32. The molecule has 2 aromatic rings. The molecule has 4 rings (SSSR count). The average molecular weight is 516 g/mol. The van der Waals surface area contributed by atoms with Crippen molar-refractivity contribution in [3.05, 3.63) is 83.1 Å². The molecule has 0 spiro atoms. The summed E-state index contributed by atoms with van der Waals surface area (Å²) in [4.78, 5) is 13.2. The summed E-state index contributed by atoms with van der Waals surface area (Å²) in [6, 6.07) is 12.9. The lowest BCUT2D eigenvalue weighted by Gasteiger charge is -2.40. The molecule has 4 atom stereocenters. The van der Waals surface area contributed by atoms with Crippen LogP contribution in [0.4, 0.5) is 5.69 Å². The largest absolute Gasteiger partial charge is 0.430 e. The van der Waals surface area contributed by atoms with Gasteiger partial charge in [-0.25, -0.2) is 8.42 Å². The third kappa shape index (κ3) is 5.63. The Hall–Kier alpha value is -2.61. The smallest absolute Gasteiger partial charge is 0.317 e. The standard InChI is InChI=1S/C27H30ClNO5S/c1-17(2)24(25-26(30)22-10-5-3-4-6-11-23(22)34-27(25)31)18-8-7-9-20(16-18)29-35(32,33)21-14-12-19(28)13-15-21/h4,6-9,11-17,22,24-26,29-30H,3,5,10H2,1-2H3. The van der Waals surface area contributed by atoms with Crippen LogP contribution in [0, 0.1) is 17.8 Å². The van der Waals surface area contributed by atoms with Crippen molar-refractivity contribution in [2.24, 2.45) is 17.8 Å². The maximum absolute atomic E-state index is 13.1. The molecule has 0 aromatic heterocycles. The highest BCUT2D eigenvalue weighted by atomic mass is 35.5. The highest BCUT2D eigenvalue weighted by molar-refractivity contribution is 7.92. The summed E-state index contributed by atoms with van der Waals surface area (Å²) in [5.41, 5.74) is 1.13. The molecule has 1 heterocycles. The van der Waals surface area contributed by atoms with Crippen LogP contribution in [0.1, 0.15) is 44.6 Å². The summed E-state index contributed by atoms with van der Waals surface area (Å²) in [6.45, 7) is 3.98. The highest BCUT2D eigenvalue weighted by Crippen LogP contribution is 2.44. The van der Waals surface area contributed by atoms with E-state index in [0.717, 1.165) is 24.8 Å². The Kier molecular flexibility index (Phi) is 7.69. The number of carbonyl (C=O) groups is 1. The molecule has 35 heavy (non-hydrogen) atoms. The zero-order chi connectivity index (χ0) is 25.2. The number of ether oxygens (including phenoxy) is 1. The van der Waals surface area contributed by atoms with Crippen molar-refractivity contribution in [3.8, 4) is 0 Å². The molecule has 4 unspecified atom stereocenters. The van der Waals surface area contributed by atoms with E-state index in [9.17, 15) is 18.3 Å². The van der Waals surface area contributed by atoms with Crippen molar-refractivity contribution in [2.45, 2.75) is 50.0 Å². The summed E-state index contributed by atoms with van der Waals surface area (Å²) in [5.74, 6) is -1.33. The quantitative estimate of drug-likeness (QED) is 0.484. The van der Waals surface area contributed by atoms with E-state index >= 15 is 0 Å². The summed E-state index contributed by atoms with van der Waals surface area (Å²) in [7, 11) is -3.83. The van der Waals surface area contributed by atoms with Gasteiger partial charge in [0.2, 0.25) is 0 Å². The Morgan fingerprint density at radius 3 is 2.60 bits per heavy atom. The average Bonchev–Trinajstić information content (AvgIpc) is 2.78. The van der Waals surface area contributed by atoms with Crippen molar-refractivity contribution < 1.29 is 23.1 Å². The fourth-order valence-corrected chi connectivity index (χ4v) is 6.18. The first kappa shape index (κ1) is 25.5. The Balaban J connectivity index is 1.64. The van der Waals surface area contributed by atoms with Gasteiger partial charge in [0, 0.05) is 22.5 Å². The van der Waals surface area contributed by atoms with Gasteiger partial charge >= 0.3 is 5.97 Å². The van der Waals surface area contributed by atoms with E-state index in [1.165, 1.54) is 24.3 Å². The molecule has 0 bridgehead atoms. The van der Waals surface area contributed by atoms with E-state index in [2.05, 4.69) is 4.72 Å². The van der Waals surface area contributed by atoms with Gasteiger partial charge in [0.05, 0.1) is 16.9 Å². The lowest BCUT2D eigenvalue weighted by molar-refractivity contribution is -0.161. The number of halogens is 1. The lowest BCUT2D eigenvalue weighted by atomic mass is 9.70. The number of nitrogens with one attached hydrogen (secondary N) is 1. The third-order valence-corrected chi connectivity index (χ3v) is 8.32. The summed E-state index contributed by atoms with van der Waals surface area (Å²) < 4.78 is 34.1. The van der Waals surface area contributed by atoms with Crippen LogP contribution in [0.2, 0.25) is 5.02 Å². The number of benzene rings is 2. The third-order valence-electron chi connectivity index (χ3n) is 6.67. The SMILES string of the molecule is CC(C)C(c1cccc(NS(=O)(=O)c2ccc(Cl)cc2)c1)C1C(=O)OC2=CC=CCCCC2C1O. The number of carbonyl (C=O) groups excluding carboxylic acids is 1. The second-order valence-electron chi connectivity index (χ2n) is 9.43. The predicted octanol–water partition coefficient (Wildman–Crippen LogP) is 5.65. The molecule has 0 saturated carbocycles. The maximum Gasteiger partial charge on any atom is 0.317 e. The minimum Gasteiger partial charge on any atom is -0.430 e. The van der Waals surface area contributed by atoms with E-state index < -0.39 is 28.0 Å². The fraction of sp³-hybridized carbons (Fsp3) is 0.370. The van der Waals surface area contributed by atoms with E-state index in [1.807, 2.05) is 32.1 Å². The molecular formula is C27H30ClNO5S. The fourth-order valence-electron chi connectivity index (χ4n) is 5.01. The zero-order valence-electron chi connectivity index (χ0n) is 19.7. The second-order valence-corrected chi connectivity index (χ2v) is 11.5. The van der Waals surface area contributed by atoms with Crippen molar-refractivity contribution in [3.63, 3.8) is 0 Å². The summed E-state index contributed by atoms with van der Waals surface area (Å²) >= 11 is 5.88. The van der Waals surface area contributed by atoms with E-state index in [0.29, 0.717) is 16.5 Å². The number of aliphatic hydroxyl groups is 1. The Labute approximate surface area is 211 Å². The second kappa shape index (κ2) is 10.6. The minimum absolute atomic E-state index is 0.00990. The number of sulfonamides is 1. The molecule has 0 radical (unpaired) electrons. The number of rotatable bonds is 6. The van der Waals surface area contributed by atoms with Gasteiger partial charge in [0.25, 0.3) is 10.0 Å². The van der Waals surface area contributed by atoms with Crippen molar-refractivity contribution in [1.29, 1.82) is 0 Å². The van der Waals surface area contributed by atoms with Gasteiger partial charge in [-0.15, -0.1) is 0 Å². The normalized spacial score (nSPS) is 23.5. The van der Waals surface area contributed by atoms with Crippen LogP contribution < -0.4 is 4.72 Å². The van der Waals surface area contributed by atoms with Crippen LogP contribution in [0.3, 0.4) is 0 Å².